The lowest BCUT2D eigenvalue weighted by atomic mass is 10.1. The van der Waals surface area contributed by atoms with Crippen molar-refractivity contribution in [1.82, 2.24) is 4.90 Å². The first-order valence-electron chi connectivity index (χ1n) is 7.36. The fourth-order valence-electron chi connectivity index (χ4n) is 2.30. The molecule has 2 aromatic rings. The zero-order chi connectivity index (χ0) is 17.9. The van der Waals surface area contributed by atoms with E-state index in [-0.39, 0.29) is 11.8 Å². The number of hydrogen-bond donors (Lipinski definition) is 1. The monoisotopic (exact) mass is 364 g/mol. The third kappa shape index (κ3) is 4.28. The van der Waals surface area contributed by atoms with Gasteiger partial charge in [0, 0.05) is 31.8 Å². The second kappa shape index (κ2) is 7.69. The topological polar surface area (TPSA) is 49.4 Å². The summed E-state index contributed by atoms with van der Waals surface area (Å²) in [6.45, 7) is 3.64. The number of halogens is 2. The van der Waals surface area contributed by atoms with E-state index in [1.165, 1.54) is 6.92 Å². The van der Waals surface area contributed by atoms with Crippen molar-refractivity contribution in [2.24, 2.45) is 0 Å². The molecular weight excluding hydrogens is 347 g/mol. The highest BCUT2D eigenvalue weighted by Gasteiger charge is 2.15. The van der Waals surface area contributed by atoms with Gasteiger partial charge in [0.2, 0.25) is 5.91 Å². The second-order valence-electron chi connectivity index (χ2n) is 5.59. The minimum Gasteiger partial charge on any atom is -0.337 e. The fraction of sp³-hybridized carbons (Fsp3) is 0.222. The molecule has 2 amide bonds. The van der Waals surface area contributed by atoms with Crippen molar-refractivity contribution in [3.63, 3.8) is 0 Å². The minimum absolute atomic E-state index is 0.169. The summed E-state index contributed by atoms with van der Waals surface area (Å²) in [6, 6.07) is 10.5. The number of aryl methyl sites for hydroxylation is 1. The molecule has 4 nitrogen and oxygen atoms in total. The van der Waals surface area contributed by atoms with Gasteiger partial charge in [0.15, 0.2) is 0 Å². The Morgan fingerprint density at radius 3 is 2.54 bits per heavy atom. The van der Waals surface area contributed by atoms with Crippen molar-refractivity contribution in [2.75, 3.05) is 12.4 Å². The summed E-state index contributed by atoms with van der Waals surface area (Å²) in [4.78, 5) is 25.4. The number of carbonyl (C=O) groups is 2. The lowest BCUT2D eigenvalue weighted by molar-refractivity contribution is -0.114. The normalized spacial score (nSPS) is 10.4. The molecule has 24 heavy (non-hydrogen) atoms. The van der Waals surface area contributed by atoms with Crippen molar-refractivity contribution >= 4 is 40.7 Å². The Kier molecular flexibility index (Phi) is 5.86. The molecule has 2 aromatic carbocycles. The molecule has 0 saturated carbocycles. The highest BCUT2D eigenvalue weighted by Crippen LogP contribution is 2.27. The summed E-state index contributed by atoms with van der Waals surface area (Å²) in [5.41, 5.74) is 2.78. The van der Waals surface area contributed by atoms with Crippen LogP contribution in [0, 0.1) is 6.92 Å². The molecule has 0 bridgehead atoms. The van der Waals surface area contributed by atoms with Gasteiger partial charge in [-0.05, 0) is 36.2 Å². The number of hydrogen-bond acceptors (Lipinski definition) is 2. The third-order valence-corrected chi connectivity index (χ3v) is 4.44. The predicted octanol–water partition coefficient (Wildman–Crippen LogP) is 4.53. The molecule has 6 heteroatoms. The van der Waals surface area contributed by atoms with Crippen molar-refractivity contribution in [3.8, 4) is 0 Å². The number of nitrogens with one attached hydrogen (secondary N) is 1. The lowest BCUT2D eigenvalue weighted by Gasteiger charge is -2.19. The van der Waals surface area contributed by atoms with Crippen LogP contribution in [-0.2, 0) is 11.3 Å². The van der Waals surface area contributed by atoms with Crippen molar-refractivity contribution in [3.05, 3.63) is 63.1 Å². The standard InChI is InChI=1S/C18H18Cl2N2O2/c1-11-7-8-13(9-16(11)21-12(2)23)18(24)22(3)10-14-5-4-6-15(19)17(14)20/h4-9H,10H2,1-3H3,(H,21,23). The summed E-state index contributed by atoms with van der Waals surface area (Å²) in [5.74, 6) is -0.348. The van der Waals surface area contributed by atoms with Crippen LogP contribution in [0.25, 0.3) is 0 Å². The second-order valence-corrected chi connectivity index (χ2v) is 6.37. The summed E-state index contributed by atoms with van der Waals surface area (Å²) in [6.07, 6.45) is 0. The van der Waals surface area contributed by atoms with Gasteiger partial charge in [-0.2, -0.15) is 0 Å². The molecule has 0 radical (unpaired) electrons. The van der Waals surface area contributed by atoms with Gasteiger partial charge in [0.05, 0.1) is 10.0 Å². The molecular formula is C18H18Cl2N2O2. The van der Waals surface area contributed by atoms with E-state index < -0.39 is 0 Å². The number of carbonyl (C=O) groups excluding carboxylic acids is 2. The molecule has 0 fully saturated rings. The van der Waals surface area contributed by atoms with Crippen LogP contribution in [-0.4, -0.2) is 23.8 Å². The number of anilines is 1. The maximum Gasteiger partial charge on any atom is 0.253 e. The Labute approximate surface area is 151 Å². The number of nitrogens with zero attached hydrogens (tertiary/aromatic N) is 1. The van der Waals surface area contributed by atoms with Gasteiger partial charge < -0.3 is 10.2 Å². The van der Waals surface area contributed by atoms with E-state index in [1.807, 2.05) is 13.0 Å². The Hall–Kier alpha value is -2.04. The van der Waals surface area contributed by atoms with Crippen LogP contribution in [0.3, 0.4) is 0 Å². The van der Waals surface area contributed by atoms with Crippen molar-refractivity contribution < 1.29 is 9.59 Å². The number of amides is 2. The molecule has 0 aliphatic carbocycles. The summed E-state index contributed by atoms with van der Waals surface area (Å²) < 4.78 is 0. The number of rotatable bonds is 4. The maximum absolute atomic E-state index is 12.6. The number of benzene rings is 2. The zero-order valence-corrected chi connectivity index (χ0v) is 15.2. The van der Waals surface area contributed by atoms with Crippen LogP contribution >= 0.6 is 23.2 Å². The first-order chi connectivity index (χ1) is 11.3. The van der Waals surface area contributed by atoms with Crippen molar-refractivity contribution in [2.45, 2.75) is 20.4 Å². The van der Waals surface area contributed by atoms with E-state index >= 15 is 0 Å². The predicted molar refractivity (Wildman–Crippen MR) is 97.7 cm³/mol. The SMILES string of the molecule is CC(=O)Nc1cc(C(=O)N(C)Cc2cccc(Cl)c2Cl)ccc1C. The molecule has 126 valence electrons. The van der Waals surface area contributed by atoms with E-state index in [2.05, 4.69) is 5.32 Å². The van der Waals surface area contributed by atoms with Crippen molar-refractivity contribution in [1.29, 1.82) is 0 Å². The van der Waals surface area contributed by atoms with Gasteiger partial charge in [0.25, 0.3) is 5.91 Å². The third-order valence-electron chi connectivity index (χ3n) is 3.58. The van der Waals surface area contributed by atoms with Gasteiger partial charge in [-0.1, -0.05) is 41.4 Å². The highest BCUT2D eigenvalue weighted by atomic mass is 35.5. The first-order valence-corrected chi connectivity index (χ1v) is 8.11. The molecule has 0 heterocycles. The molecule has 0 atom stereocenters. The smallest absolute Gasteiger partial charge is 0.253 e. The molecule has 0 aliphatic heterocycles. The minimum atomic E-state index is -0.179. The van der Waals surface area contributed by atoms with Crippen LogP contribution < -0.4 is 5.32 Å². The fourth-order valence-corrected chi connectivity index (χ4v) is 2.68. The van der Waals surface area contributed by atoms with Crippen LogP contribution in [0.15, 0.2) is 36.4 Å². The summed E-state index contributed by atoms with van der Waals surface area (Å²) >= 11 is 12.2. The molecule has 0 aliphatic rings. The Morgan fingerprint density at radius 2 is 1.88 bits per heavy atom. The van der Waals surface area contributed by atoms with Gasteiger partial charge >= 0.3 is 0 Å². The Morgan fingerprint density at radius 1 is 1.17 bits per heavy atom. The Bertz CT molecular complexity index is 791. The van der Waals surface area contributed by atoms with Crippen LogP contribution in [0.1, 0.15) is 28.4 Å². The van der Waals surface area contributed by atoms with E-state index in [9.17, 15) is 9.59 Å². The molecule has 2 rings (SSSR count). The van der Waals surface area contributed by atoms with E-state index in [1.54, 1.807) is 42.3 Å². The van der Waals surface area contributed by atoms with E-state index in [0.29, 0.717) is 27.8 Å². The largest absolute Gasteiger partial charge is 0.337 e. The average Bonchev–Trinajstić information content (AvgIpc) is 2.52. The quantitative estimate of drug-likeness (QED) is 0.865. The molecule has 0 unspecified atom stereocenters. The zero-order valence-electron chi connectivity index (χ0n) is 13.7. The van der Waals surface area contributed by atoms with Gasteiger partial charge in [-0.25, -0.2) is 0 Å². The van der Waals surface area contributed by atoms with Crippen LogP contribution in [0.5, 0.6) is 0 Å². The average molecular weight is 365 g/mol. The van der Waals surface area contributed by atoms with Gasteiger partial charge in [-0.3, -0.25) is 9.59 Å². The Balaban J connectivity index is 2.21. The van der Waals surface area contributed by atoms with Crippen LogP contribution in [0.4, 0.5) is 5.69 Å². The molecule has 0 aromatic heterocycles. The maximum atomic E-state index is 12.6. The molecule has 0 spiro atoms. The molecule has 1 N–H and O–H groups in total. The van der Waals surface area contributed by atoms with Gasteiger partial charge in [0.1, 0.15) is 0 Å². The summed E-state index contributed by atoms with van der Waals surface area (Å²) in [5, 5.41) is 3.63. The summed E-state index contributed by atoms with van der Waals surface area (Å²) in [7, 11) is 1.69. The van der Waals surface area contributed by atoms with Crippen LogP contribution in [0.2, 0.25) is 10.0 Å². The van der Waals surface area contributed by atoms with E-state index in [0.717, 1.165) is 11.1 Å². The lowest BCUT2D eigenvalue weighted by Crippen LogP contribution is -2.26. The highest BCUT2D eigenvalue weighted by molar-refractivity contribution is 6.42. The van der Waals surface area contributed by atoms with E-state index in [4.69, 9.17) is 23.2 Å². The van der Waals surface area contributed by atoms with Gasteiger partial charge in [-0.15, -0.1) is 0 Å². The first kappa shape index (κ1) is 18.3. The molecule has 0 saturated heterocycles.